The number of rotatable bonds is 17. The summed E-state index contributed by atoms with van der Waals surface area (Å²) in [4.78, 5) is 55.2. The summed E-state index contributed by atoms with van der Waals surface area (Å²) in [5.41, 5.74) is 2.82. The van der Waals surface area contributed by atoms with Gasteiger partial charge < -0.3 is 30.7 Å². The van der Waals surface area contributed by atoms with Gasteiger partial charge in [-0.2, -0.15) is 0 Å². The van der Waals surface area contributed by atoms with Gasteiger partial charge >= 0.3 is 5.97 Å². The second kappa shape index (κ2) is 19.0. The SMILES string of the molecule is CNc1cnccc1C(=O)Nc1ccc(C[C@H](NC(=O)c2cc(F)c(NCCc3ccc(-c4cnc(COC)nc4)cc3)cc2F)C(=O)OCC(F)F)cn1. The fourth-order valence-electron chi connectivity index (χ4n) is 5.27. The second-order valence-electron chi connectivity index (χ2n) is 11.9. The fraction of sp³-hybridized carbons (Fsp3) is 0.237. The summed E-state index contributed by atoms with van der Waals surface area (Å²) in [5.74, 6) is -4.22. The first-order valence-corrected chi connectivity index (χ1v) is 16.8. The number of anilines is 3. The highest BCUT2D eigenvalue weighted by Gasteiger charge is 2.27. The summed E-state index contributed by atoms with van der Waals surface area (Å²) in [6.45, 7) is -0.712. The molecular weight excluding hydrogens is 724 g/mol. The molecular formula is C38H36F4N8O5. The molecule has 2 amide bonds. The van der Waals surface area contributed by atoms with Gasteiger partial charge in [-0.1, -0.05) is 30.3 Å². The van der Waals surface area contributed by atoms with Crippen molar-refractivity contribution in [3.63, 3.8) is 0 Å². The lowest BCUT2D eigenvalue weighted by Crippen LogP contribution is -2.44. The van der Waals surface area contributed by atoms with Crippen molar-refractivity contribution in [2.24, 2.45) is 0 Å². The third-order valence-electron chi connectivity index (χ3n) is 8.08. The minimum atomic E-state index is -2.99. The van der Waals surface area contributed by atoms with E-state index in [4.69, 9.17) is 4.74 Å². The van der Waals surface area contributed by atoms with Gasteiger partial charge in [0.25, 0.3) is 18.2 Å². The molecule has 0 aliphatic rings. The predicted octanol–water partition coefficient (Wildman–Crippen LogP) is 5.46. The summed E-state index contributed by atoms with van der Waals surface area (Å²) in [5, 5.41) is 10.6. The van der Waals surface area contributed by atoms with Gasteiger partial charge in [0.15, 0.2) is 12.4 Å². The zero-order valence-corrected chi connectivity index (χ0v) is 29.6. The first-order valence-electron chi connectivity index (χ1n) is 16.8. The van der Waals surface area contributed by atoms with Crippen LogP contribution in [0.1, 0.15) is 37.7 Å². The van der Waals surface area contributed by atoms with E-state index in [1.54, 1.807) is 26.6 Å². The molecule has 0 saturated carbocycles. The van der Waals surface area contributed by atoms with Crippen molar-refractivity contribution in [3.05, 3.63) is 125 Å². The van der Waals surface area contributed by atoms with Gasteiger partial charge in [0.2, 0.25) is 0 Å². The van der Waals surface area contributed by atoms with Crippen LogP contribution in [0.15, 0.2) is 85.6 Å². The highest BCUT2D eigenvalue weighted by molar-refractivity contribution is 6.07. The number of esters is 1. The van der Waals surface area contributed by atoms with Crippen molar-refractivity contribution in [1.29, 1.82) is 0 Å². The maximum atomic E-state index is 15.2. The van der Waals surface area contributed by atoms with Crippen LogP contribution in [-0.4, -0.2) is 77.5 Å². The zero-order valence-electron chi connectivity index (χ0n) is 29.6. The Hall–Kier alpha value is -6.49. The van der Waals surface area contributed by atoms with E-state index in [-0.39, 0.29) is 24.5 Å². The fourth-order valence-corrected chi connectivity index (χ4v) is 5.27. The van der Waals surface area contributed by atoms with E-state index in [0.29, 0.717) is 41.7 Å². The normalized spacial score (nSPS) is 11.5. The molecule has 0 aliphatic heterocycles. The van der Waals surface area contributed by atoms with Crippen molar-refractivity contribution < 1.29 is 41.4 Å². The quantitative estimate of drug-likeness (QED) is 0.0702. The van der Waals surface area contributed by atoms with Crippen molar-refractivity contribution in [2.75, 3.05) is 43.3 Å². The van der Waals surface area contributed by atoms with Crippen LogP contribution in [0.3, 0.4) is 0 Å². The summed E-state index contributed by atoms with van der Waals surface area (Å²) >= 11 is 0. The molecule has 5 aromatic rings. The van der Waals surface area contributed by atoms with Gasteiger partial charge in [0, 0.05) is 63.5 Å². The molecule has 5 rings (SSSR count). The molecule has 3 aromatic heterocycles. The number of nitrogens with one attached hydrogen (secondary N) is 4. The van der Waals surface area contributed by atoms with Crippen LogP contribution in [0.4, 0.5) is 34.8 Å². The zero-order chi connectivity index (χ0) is 39.3. The molecule has 0 spiro atoms. The molecule has 3 heterocycles. The molecule has 1 atom stereocenters. The molecule has 4 N–H and O–H groups in total. The molecule has 0 radical (unpaired) electrons. The largest absolute Gasteiger partial charge is 0.458 e. The van der Waals surface area contributed by atoms with E-state index >= 15 is 8.78 Å². The molecule has 13 nitrogen and oxygen atoms in total. The molecule has 286 valence electrons. The molecule has 0 saturated heterocycles. The molecule has 0 fully saturated rings. The Kier molecular flexibility index (Phi) is 13.7. The number of amides is 2. The van der Waals surface area contributed by atoms with Crippen LogP contribution in [0.25, 0.3) is 11.1 Å². The lowest BCUT2D eigenvalue weighted by molar-refractivity contribution is -0.149. The van der Waals surface area contributed by atoms with Crippen LogP contribution in [0.2, 0.25) is 0 Å². The lowest BCUT2D eigenvalue weighted by atomic mass is 10.1. The Morgan fingerprint density at radius 2 is 1.55 bits per heavy atom. The summed E-state index contributed by atoms with van der Waals surface area (Å²) in [6, 6.07) is 11.9. The Balaban J connectivity index is 1.20. The molecule has 0 aliphatic carbocycles. The number of benzene rings is 2. The Morgan fingerprint density at radius 3 is 2.22 bits per heavy atom. The summed E-state index contributed by atoms with van der Waals surface area (Å²) < 4.78 is 65.7. The van der Waals surface area contributed by atoms with Crippen LogP contribution in [0.5, 0.6) is 0 Å². The standard InChI is InChI=1S/C38H36F4N8O5/c1-43-32-19-44-11-10-26(32)36(51)50-34-8-5-23(16-46-34)13-31(38(53)55-20-33(41)42)49-37(52)27-14-29(40)30(15-28(27)39)45-12-9-22-3-6-24(7-4-22)25-17-47-35(21-54-2)48-18-25/h3-8,10-11,14-19,31,33,43,45H,9,12-13,20-21H2,1-2H3,(H,49,52)(H,46,50,51)/t31-/m0/s1. The number of hydrogen-bond donors (Lipinski definition) is 4. The van der Waals surface area contributed by atoms with Crippen molar-refractivity contribution in [3.8, 4) is 11.1 Å². The van der Waals surface area contributed by atoms with Crippen molar-refractivity contribution >= 4 is 35.0 Å². The summed E-state index contributed by atoms with van der Waals surface area (Å²) in [7, 11) is 3.19. The van der Waals surface area contributed by atoms with E-state index in [2.05, 4.69) is 45.9 Å². The van der Waals surface area contributed by atoms with Crippen LogP contribution >= 0.6 is 0 Å². The minimum absolute atomic E-state index is 0.147. The number of hydrogen-bond acceptors (Lipinski definition) is 11. The maximum absolute atomic E-state index is 15.2. The Labute approximate surface area is 312 Å². The number of aromatic nitrogens is 4. The van der Waals surface area contributed by atoms with Crippen molar-refractivity contribution in [1.82, 2.24) is 25.3 Å². The van der Waals surface area contributed by atoms with Crippen LogP contribution in [0, 0.1) is 11.6 Å². The number of carbonyl (C=O) groups excluding carboxylic acids is 3. The topological polar surface area (TPSA) is 169 Å². The number of halogens is 4. The number of nitrogens with zero attached hydrogens (tertiary/aromatic N) is 4. The van der Waals surface area contributed by atoms with Gasteiger partial charge in [-0.25, -0.2) is 37.3 Å². The third kappa shape index (κ3) is 11.0. The van der Waals surface area contributed by atoms with Gasteiger partial charge in [-0.3, -0.25) is 14.6 Å². The second-order valence-corrected chi connectivity index (χ2v) is 11.9. The molecule has 17 heteroatoms. The Bertz CT molecular complexity index is 2090. The molecule has 55 heavy (non-hydrogen) atoms. The van der Waals surface area contributed by atoms with Gasteiger partial charge in [0.1, 0.15) is 30.1 Å². The van der Waals surface area contributed by atoms with E-state index < -0.39 is 54.1 Å². The van der Waals surface area contributed by atoms with Gasteiger partial charge in [0.05, 0.1) is 28.7 Å². The van der Waals surface area contributed by atoms with E-state index in [1.807, 2.05) is 24.3 Å². The molecule has 2 aromatic carbocycles. The lowest BCUT2D eigenvalue weighted by Gasteiger charge is -2.18. The highest BCUT2D eigenvalue weighted by atomic mass is 19.3. The minimum Gasteiger partial charge on any atom is -0.458 e. The monoisotopic (exact) mass is 760 g/mol. The van der Waals surface area contributed by atoms with E-state index in [1.165, 1.54) is 36.8 Å². The third-order valence-corrected chi connectivity index (χ3v) is 8.08. The smallest absolute Gasteiger partial charge is 0.329 e. The number of alkyl halides is 2. The van der Waals surface area contributed by atoms with Crippen LogP contribution in [-0.2, 0) is 33.7 Å². The predicted molar refractivity (Wildman–Crippen MR) is 195 cm³/mol. The van der Waals surface area contributed by atoms with Gasteiger partial charge in [-0.05, 0) is 41.3 Å². The van der Waals surface area contributed by atoms with Crippen LogP contribution < -0.4 is 21.3 Å². The Morgan fingerprint density at radius 1 is 0.800 bits per heavy atom. The average Bonchev–Trinajstić information content (AvgIpc) is 3.19. The average molecular weight is 761 g/mol. The first-order chi connectivity index (χ1) is 26.5. The number of ether oxygens (including phenoxy) is 2. The van der Waals surface area contributed by atoms with E-state index in [0.717, 1.165) is 22.8 Å². The summed E-state index contributed by atoms with van der Waals surface area (Å²) in [6.07, 6.45) is 4.76. The number of methoxy groups -OCH3 is 1. The molecule has 0 unspecified atom stereocenters. The van der Waals surface area contributed by atoms with Crippen molar-refractivity contribution in [2.45, 2.75) is 31.9 Å². The van der Waals surface area contributed by atoms with E-state index in [9.17, 15) is 23.2 Å². The number of carbonyl (C=O) groups is 3. The van der Waals surface area contributed by atoms with Gasteiger partial charge in [-0.15, -0.1) is 0 Å². The number of pyridine rings is 2. The highest BCUT2D eigenvalue weighted by Crippen LogP contribution is 2.22. The molecule has 0 bridgehead atoms. The first kappa shape index (κ1) is 39.7. The maximum Gasteiger partial charge on any atom is 0.329 e.